The molecule has 0 aromatic carbocycles. The number of rotatable bonds is 3. The van der Waals surface area contributed by atoms with Gasteiger partial charge in [-0.15, -0.1) is 30.3 Å². The SMILES string of the molecule is C=CC[C@@H](N)c1ccc(Cl)s1.Cl. The van der Waals surface area contributed by atoms with E-state index in [0.717, 1.165) is 15.6 Å². The van der Waals surface area contributed by atoms with Gasteiger partial charge in [-0.2, -0.15) is 0 Å². The maximum atomic E-state index is 5.80. The summed E-state index contributed by atoms with van der Waals surface area (Å²) in [6.07, 6.45) is 2.62. The third-order valence-electron chi connectivity index (χ3n) is 1.38. The van der Waals surface area contributed by atoms with Crippen molar-refractivity contribution in [3.8, 4) is 0 Å². The van der Waals surface area contributed by atoms with Crippen LogP contribution < -0.4 is 5.73 Å². The number of hydrogen-bond donors (Lipinski definition) is 1. The van der Waals surface area contributed by atoms with Crippen molar-refractivity contribution in [2.24, 2.45) is 5.73 Å². The fourth-order valence-corrected chi connectivity index (χ4v) is 1.90. The zero-order valence-electron chi connectivity index (χ0n) is 6.50. The van der Waals surface area contributed by atoms with E-state index >= 15 is 0 Å². The molecule has 0 saturated carbocycles. The molecular formula is C8H11Cl2NS. The van der Waals surface area contributed by atoms with Crippen molar-refractivity contribution in [3.63, 3.8) is 0 Å². The fourth-order valence-electron chi connectivity index (χ4n) is 0.823. The third kappa shape index (κ3) is 3.15. The minimum atomic E-state index is 0. The second-order valence-electron chi connectivity index (χ2n) is 2.27. The summed E-state index contributed by atoms with van der Waals surface area (Å²) >= 11 is 7.27. The van der Waals surface area contributed by atoms with Gasteiger partial charge in [-0.25, -0.2) is 0 Å². The summed E-state index contributed by atoms with van der Waals surface area (Å²) in [7, 11) is 0. The summed E-state index contributed by atoms with van der Waals surface area (Å²) in [5.74, 6) is 0. The smallest absolute Gasteiger partial charge is 0.0931 e. The van der Waals surface area contributed by atoms with Gasteiger partial charge in [0.25, 0.3) is 0 Å². The van der Waals surface area contributed by atoms with Crippen LogP contribution in [0.5, 0.6) is 0 Å². The Bertz CT molecular complexity index is 247. The van der Waals surface area contributed by atoms with E-state index < -0.39 is 0 Å². The fraction of sp³-hybridized carbons (Fsp3) is 0.250. The van der Waals surface area contributed by atoms with Crippen molar-refractivity contribution in [2.75, 3.05) is 0 Å². The summed E-state index contributed by atoms with van der Waals surface area (Å²) in [5.41, 5.74) is 5.80. The first-order valence-corrected chi connectivity index (χ1v) is 4.55. The Morgan fingerprint density at radius 3 is 2.75 bits per heavy atom. The normalized spacial score (nSPS) is 11.8. The first-order chi connectivity index (χ1) is 5.24. The lowest BCUT2D eigenvalue weighted by Gasteiger charge is -2.03. The maximum absolute atomic E-state index is 5.80. The molecule has 2 N–H and O–H groups in total. The van der Waals surface area contributed by atoms with Gasteiger partial charge in [0, 0.05) is 10.9 Å². The summed E-state index contributed by atoms with van der Waals surface area (Å²) in [6.45, 7) is 3.62. The van der Waals surface area contributed by atoms with Crippen LogP contribution in [0.3, 0.4) is 0 Å². The van der Waals surface area contributed by atoms with Gasteiger partial charge in [0.1, 0.15) is 0 Å². The molecule has 0 fully saturated rings. The van der Waals surface area contributed by atoms with Crippen molar-refractivity contribution in [2.45, 2.75) is 12.5 Å². The molecular weight excluding hydrogens is 213 g/mol. The maximum Gasteiger partial charge on any atom is 0.0931 e. The van der Waals surface area contributed by atoms with Gasteiger partial charge in [0.2, 0.25) is 0 Å². The van der Waals surface area contributed by atoms with Gasteiger partial charge in [0.05, 0.1) is 4.34 Å². The van der Waals surface area contributed by atoms with E-state index in [0.29, 0.717) is 0 Å². The Kier molecular flexibility index (Phi) is 5.59. The number of thiophene rings is 1. The molecule has 0 radical (unpaired) electrons. The van der Waals surface area contributed by atoms with Crippen LogP contribution >= 0.6 is 35.3 Å². The summed E-state index contributed by atoms with van der Waals surface area (Å²) in [5, 5.41) is 0. The standard InChI is InChI=1S/C8H10ClNS.ClH/c1-2-3-6(10)7-4-5-8(9)11-7;/h2,4-6H,1,3,10H2;1H/t6-;/m1./s1. The molecule has 0 spiro atoms. The van der Waals surface area contributed by atoms with Crippen molar-refractivity contribution in [3.05, 3.63) is 34.0 Å². The largest absolute Gasteiger partial charge is 0.323 e. The van der Waals surface area contributed by atoms with Gasteiger partial charge >= 0.3 is 0 Å². The highest BCUT2D eigenvalue weighted by Gasteiger charge is 2.05. The molecule has 0 aliphatic rings. The first kappa shape index (κ1) is 12.0. The average Bonchev–Trinajstić information content (AvgIpc) is 2.36. The highest BCUT2D eigenvalue weighted by Crippen LogP contribution is 2.27. The molecule has 0 aliphatic heterocycles. The molecule has 1 nitrogen and oxygen atoms in total. The van der Waals surface area contributed by atoms with Crippen LogP contribution in [-0.4, -0.2) is 0 Å². The quantitative estimate of drug-likeness (QED) is 0.782. The second kappa shape index (κ2) is 5.60. The molecule has 1 heterocycles. The summed E-state index contributed by atoms with van der Waals surface area (Å²) in [6, 6.07) is 3.89. The summed E-state index contributed by atoms with van der Waals surface area (Å²) in [4.78, 5) is 1.12. The molecule has 0 saturated heterocycles. The third-order valence-corrected chi connectivity index (χ3v) is 2.74. The molecule has 1 atom stereocenters. The zero-order chi connectivity index (χ0) is 8.27. The Morgan fingerprint density at radius 1 is 1.67 bits per heavy atom. The molecule has 0 unspecified atom stereocenters. The predicted octanol–water partition coefficient (Wildman–Crippen LogP) is 3.40. The van der Waals surface area contributed by atoms with E-state index in [1.807, 2.05) is 18.2 Å². The van der Waals surface area contributed by atoms with E-state index in [-0.39, 0.29) is 18.4 Å². The first-order valence-electron chi connectivity index (χ1n) is 3.35. The van der Waals surface area contributed by atoms with Crippen molar-refractivity contribution < 1.29 is 0 Å². The van der Waals surface area contributed by atoms with E-state index in [1.54, 1.807) is 0 Å². The summed E-state index contributed by atoms with van der Waals surface area (Å²) < 4.78 is 0.791. The van der Waals surface area contributed by atoms with Crippen LogP contribution in [-0.2, 0) is 0 Å². The highest BCUT2D eigenvalue weighted by atomic mass is 35.5. The van der Waals surface area contributed by atoms with E-state index in [4.69, 9.17) is 17.3 Å². The highest BCUT2D eigenvalue weighted by molar-refractivity contribution is 7.16. The van der Waals surface area contributed by atoms with Crippen LogP contribution in [0.15, 0.2) is 24.8 Å². The van der Waals surface area contributed by atoms with Crippen molar-refractivity contribution in [1.29, 1.82) is 0 Å². The molecule has 1 aromatic rings. The Labute approximate surface area is 87.6 Å². The van der Waals surface area contributed by atoms with Crippen LogP contribution in [0.4, 0.5) is 0 Å². The molecule has 0 amide bonds. The van der Waals surface area contributed by atoms with Crippen molar-refractivity contribution in [1.82, 2.24) is 0 Å². The minimum Gasteiger partial charge on any atom is -0.323 e. The molecule has 0 aliphatic carbocycles. The number of halogens is 2. The lowest BCUT2D eigenvalue weighted by atomic mass is 10.2. The Morgan fingerprint density at radius 2 is 2.33 bits per heavy atom. The zero-order valence-corrected chi connectivity index (χ0v) is 8.88. The molecule has 12 heavy (non-hydrogen) atoms. The average molecular weight is 224 g/mol. The van der Waals surface area contributed by atoms with Crippen LogP contribution in [0.25, 0.3) is 0 Å². The predicted molar refractivity (Wildman–Crippen MR) is 58.3 cm³/mol. The van der Waals surface area contributed by atoms with Crippen molar-refractivity contribution >= 4 is 35.3 Å². The molecule has 1 rings (SSSR count). The van der Waals surface area contributed by atoms with Gasteiger partial charge in [-0.3, -0.25) is 0 Å². The Balaban J connectivity index is 0.00000121. The van der Waals surface area contributed by atoms with Crippen LogP contribution in [0, 0.1) is 0 Å². The van der Waals surface area contributed by atoms with Gasteiger partial charge in [-0.1, -0.05) is 17.7 Å². The molecule has 0 bridgehead atoms. The van der Waals surface area contributed by atoms with E-state index in [9.17, 15) is 0 Å². The lowest BCUT2D eigenvalue weighted by Crippen LogP contribution is -2.06. The molecule has 68 valence electrons. The molecule has 1 aromatic heterocycles. The molecule has 4 heteroatoms. The Hall–Kier alpha value is -0.0200. The minimum absolute atomic E-state index is 0. The monoisotopic (exact) mass is 223 g/mol. The number of hydrogen-bond acceptors (Lipinski definition) is 2. The number of nitrogens with two attached hydrogens (primary N) is 1. The topological polar surface area (TPSA) is 26.0 Å². The lowest BCUT2D eigenvalue weighted by molar-refractivity contribution is 0.758. The second-order valence-corrected chi connectivity index (χ2v) is 4.02. The van der Waals surface area contributed by atoms with E-state index in [2.05, 4.69) is 6.58 Å². The van der Waals surface area contributed by atoms with E-state index in [1.165, 1.54) is 11.3 Å². The van der Waals surface area contributed by atoms with Gasteiger partial charge in [0.15, 0.2) is 0 Å². The van der Waals surface area contributed by atoms with Crippen LogP contribution in [0.2, 0.25) is 4.34 Å². The van der Waals surface area contributed by atoms with Crippen LogP contribution in [0.1, 0.15) is 17.3 Å². The van der Waals surface area contributed by atoms with Gasteiger partial charge in [-0.05, 0) is 18.6 Å². The van der Waals surface area contributed by atoms with Gasteiger partial charge < -0.3 is 5.73 Å².